The molecule has 0 spiro atoms. The fourth-order valence-electron chi connectivity index (χ4n) is 2.06. The Hall–Kier alpha value is -1.38. The van der Waals surface area contributed by atoms with Crippen LogP contribution in [0.25, 0.3) is 0 Å². The van der Waals surface area contributed by atoms with Gasteiger partial charge in [0.2, 0.25) is 0 Å². The van der Waals surface area contributed by atoms with Gasteiger partial charge in [-0.3, -0.25) is 4.98 Å². The van der Waals surface area contributed by atoms with E-state index in [1.807, 2.05) is 12.1 Å². The first kappa shape index (κ1) is 13.1. The molecule has 94 valence electrons. The smallest absolute Gasteiger partial charge is 0.0637 e. The second-order valence-electron chi connectivity index (χ2n) is 4.20. The lowest BCUT2D eigenvalue weighted by molar-refractivity contribution is 0.549. The van der Waals surface area contributed by atoms with Gasteiger partial charge in [0.05, 0.1) is 5.02 Å². The molecule has 0 aliphatic heterocycles. The third kappa shape index (κ3) is 3.31. The predicted molar refractivity (Wildman–Crippen MR) is 75.8 cm³/mol. The first-order valence-corrected chi connectivity index (χ1v) is 6.55. The third-order valence-corrected chi connectivity index (χ3v) is 3.23. The van der Waals surface area contributed by atoms with Crippen LogP contribution in [0.4, 0.5) is 0 Å². The molecule has 0 saturated carbocycles. The Balaban J connectivity index is 2.21. The summed E-state index contributed by atoms with van der Waals surface area (Å²) in [5.74, 6) is 0. The van der Waals surface area contributed by atoms with E-state index >= 15 is 0 Å². The standard InChI is InChI=1S/C15H17ClN2/c1-2-18-15(10-12-6-4-3-5-7-12)13-8-9-17-11-14(13)16/h3-9,11,15,18H,2,10H2,1H3. The summed E-state index contributed by atoms with van der Waals surface area (Å²) in [7, 11) is 0. The summed E-state index contributed by atoms with van der Waals surface area (Å²) in [6, 6.07) is 12.6. The van der Waals surface area contributed by atoms with Gasteiger partial charge in [0.25, 0.3) is 0 Å². The highest BCUT2D eigenvalue weighted by Gasteiger charge is 2.14. The van der Waals surface area contributed by atoms with Crippen molar-refractivity contribution in [1.29, 1.82) is 0 Å². The largest absolute Gasteiger partial charge is 0.310 e. The van der Waals surface area contributed by atoms with Crippen LogP contribution in [0.5, 0.6) is 0 Å². The highest BCUT2D eigenvalue weighted by molar-refractivity contribution is 6.31. The van der Waals surface area contributed by atoms with Crippen molar-refractivity contribution in [3.8, 4) is 0 Å². The summed E-state index contributed by atoms with van der Waals surface area (Å²) >= 11 is 6.22. The van der Waals surface area contributed by atoms with E-state index in [0.717, 1.165) is 23.6 Å². The molecular weight excluding hydrogens is 244 g/mol. The van der Waals surface area contributed by atoms with Gasteiger partial charge >= 0.3 is 0 Å². The summed E-state index contributed by atoms with van der Waals surface area (Å²) in [4.78, 5) is 4.03. The molecule has 0 aliphatic rings. The predicted octanol–water partition coefficient (Wildman–Crippen LogP) is 3.63. The van der Waals surface area contributed by atoms with Crippen molar-refractivity contribution >= 4 is 11.6 Å². The molecule has 1 heterocycles. The van der Waals surface area contributed by atoms with Crippen molar-refractivity contribution in [3.05, 3.63) is 64.9 Å². The minimum absolute atomic E-state index is 0.230. The van der Waals surface area contributed by atoms with Gasteiger partial charge in [-0.2, -0.15) is 0 Å². The summed E-state index contributed by atoms with van der Waals surface area (Å²) in [5, 5.41) is 4.20. The fourth-order valence-corrected chi connectivity index (χ4v) is 2.31. The number of halogens is 1. The molecular formula is C15H17ClN2. The zero-order valence-corrected chi connectivity index (χ0v) is 11.2. The van der Waals surface area contributed by atoms with E-state index in [0.29, 0.717) is 0 Å². The van der Waals surface area contributed by atoms with Crippen LogP contribution in [0.1, 0.15) is 24.1 Å². The van der Waals surface area contributed by atoms with Crippen molar-refractivity contribution in [2.45, 2.75) is 19.4 Å². The summed E-state index contributed by atoms with van der Waals surface area (Å²) in [6.07, 6.45) is 4.42. The molecule has 1 N–H and O–H groups in total. The van der Waals surface area contributed by atoms with E-state index < -0.39 is 0 Å². The topological polar surface area (TPSA) is 24.9 Å². The molecule has 18 heavy (non-hydrogen) atoms. The molecule has 1 aromatic heterocycles. The lowest BCUT2D eigenvalue weighted by atomic mass is 10.00. The average Bonchev–Trinajstić information content (AvgIpc) is 2.40. The maximum Gasteiger partial charge on any atom is 0.0637 e. The summed E-state index contributed by atoms with van der Waals surface area (Å²) in [6.45, 7) is 3.02. The fraction of sp³-hybridized carbons (Fsp3) is 0.267. The van der Waals surface area contributed by atoms with Crippen molar-refractivity contribution in [2.75, 3.05) is 6.54 Å². The van der Waals surface area contributed by atoms with Crippen LogP contribution in [0.15, 0.2) is 48.8 Å². The molecule has 0 saturated heterocycles. The highest BCUT2D eigenvalue weighted by atomic mass is 35.5. The van der Waals surface area contributed by atoms with Gasteiger partial charge in [-0.1, -0.05) is 48.9 Å². The zero-order chi connectivity index (χ0) is 12.8. The molecule has 2 rings (SSSR count). The van der Waals surface area contributed by atoms with Crippen LogP contribution in [0.2, 0.25) is 5.02 Å². The SMILES string of the molecule is CCNC(Cc1ccccc1)c1ccncc1Cl. The Bertz CT molecular complexity index is 485. The Labute approximate surface area is 113 Å². The number of likely N-dealkylation sites (N-methyl/N-ethyl adjacent to an activating group) is 1. The quantitative estimate of drug-likeness (QED) is 0.888. The van der Waals surface area contributed by atoms with Gasteiger partial charge < -0.3 is 5.32 Å². The Morgan fingerprint density at radius 3 is 2.67 bits per heavy atom. The van der Waals surface area contributed by atoms with Crippen LogP contribution in [0.3, 0.4) is 0 Å². The van der Waals surface area contributed by atoms with E-state index in [2.05, 4.69) is 41.5 Å². The molecule has 1 unspecified atom stereocenters. The summed E-state index contributed by atoms with van der Waals surface area (Å²) in [5.41, 5.74) is 2.41. The van der Waals surface area contributed by atoms with Crippen molar-refractivity contribution in [1.82, 2.24) is 10.3 Å². The maximum absolute atomic E-state index is 6.22. The van der Waals surface area contributed by atoms with Gasteiger partial charge in [-0.15, -0.1) is 0 Å². The molecule has 3 heteroatoms. The van der Waals surface area contributed by atoms with Gasteiger partial charge in [0, 0.05) is 18.4 Å². The Kier molecular flexibility index (Phi) is 4.73. The van der Waals surface area contributed by atoms with Gasteiger partial charge in [0.1, 0.15) is 0 Å². The number of aromatic nitrogens is 1. The molecule has 0 fully saturated rings. The van der Waals surface area contributed by atoms with Gasteiger partial charge in [-0.05, 0) is 30.2 Å². The molecule has 0 bridgehead atoms. The third-order valence-electron chi connectivity index (χ3n) is 2.91. The van der Waals surface area contributed by atoms with E-state index in [9.17, 15) is 0 Å². The molecule has 2 aromatic rings. The molecule has 1 atom stereocenters. The van der Waals surface area contributed by atoms with Crippen LogP contribution in [-0.4, -0.2) is 11.5 Å². The van der Waals surface area contributed by atoms with E-state index in [1.165, 1.54) is 5.56 Å². The first-order chi connectivity index (χ1) is 8.81. The number of benzene rings is 1. The molecule has 1 aromatic carbocycles. The van der Waals surface area contributed by atoms with Crippen LogP contribution in [0, 0.1) is 0 Å². The number of rotatable bonds is 5. The van der Waals surface area contributed by atoms with E-state index in [4.69, 9.17) is 11.6 Å². The maximum atomic E-state index is 6.22. The average molecular weight is 261 g/mol. The minimum Gasteiger partial charge on any atom is -0.310 e. The molecule has 0 radical (unpaired) electrons. The van der Waals surface area contributed by atoms with E-state index in [-0.39, 0.29) is 6.04 Å². The number of nitrogens with zero attached hydrogens (tertiary/aromatic N) is 1. The summed E-state index contributed by atoms with van der Waals surface area (Å²) < 4.78 is 0. The zero-order valence-electron chi connectivity index (χ0n) is 10.4. The highest BCUT2D eigenvalue weighted by Crippen LogP contribution is 2.24. The first-order valence-electron chi connectivity index (χ1n) is 6.18. The number of hydrogen-bond acceptors (Lipinski definition) is 2. The van der Waals surface area contributed by atoms with Gasteiger partial charge in [-0.25, -0.2) is 0 Å². The van der Waals surface area contributed by atoms with Crippen molar-refractivity contribution in [3.63, 3.8) is 0 Å². The Morgan fingerprint density at radius 1 is 1.22 bits per heavy atom. The minimum atomic E-state index is 0.230. The lowest BCUT2D eigenvalue weighted by Gasteiger charge is -2.19. The number of hydrogen-bond donors (Lipinski definition) is 1. The number of pyridine rings is 1. The monoisotopic (exact) mass is 260 g/mol. The second-order valence-corrected chi connectivity index (χ2v) is 4.60. The molecule has 0 amide bonds. The van der Waals surface area contributed by atoms with Crippen molar-refractivity contribution < 1.29 is 0 Å². The van der Waals surface area contributed by atoms with Gasteiger partial charge in [0.15, 0.2) is 0 Å². The van der Waals surface area contributed by atoms with Crippen LogP contribution in [-0.2, 0) is 6.42 Å². The van der Waals surface area contributed by atoms with Crippen LogP contribution < -0.4 is 5.32 Å². The second kappa shape index (κ2) is 6.53. The van der Waals surface area contributed by atoms with Crippen LogP contribution >= 0.6 is 11.6 Å². The lowest BCUT2D eigenvalue weighted by Crippen LogP contribution is -2.23. The molecule has 2 nitrogen and oxygen atoms in total. The van der Waals surface area contributed by atoms with E-state index in [1.54, 1.807) is 12.4 Å². The normalized spacial score (nSPS) is 12.3. The Morgan fingerprint density at radius 2 is 2.00 bits per heavy atom. The molecule has 0 aliphatic carbocycles. The van der Waals surface area contributed by atoms with Crippen molar-refractivity contribution in [2.24, 2.45) is 0 Å². The number of nitrogens with one attached hydrogen (secondary N) is 1.